The maximum Gasteiger partial charge on any atom is 0.419 e. The molecule has 1 saturated carbocycles. The van der Waals surface area contributed by atoms with Crippen LogP contribution in [0.5, 0.6) is 0 Å². The highest BCUT2D eigenvalue weighted by Gasteiger charge is 2.45. The molecular formula is C28H31F4N5. The van der Waals surface area contributed by atoms with Gasteiger partial charge in [0.15, 0.2) is 0 Å². The summed E-state index contributed by atoms with van der Waals surface area (Å²) in [5, 5.41) is 3.52. The van der Waals surface area contributed by atoms with Crippen molar-refractivity contribution >= 4 is 11.6 Å². The van der Waals surface area contributed by atoms with E-state index in [4.69, 9.17) is 10.7 Å². The molecular weight excluding hydrogens is 482 g/mol. The summed E-state index contributed by atoms with van der Waals surface area (Å²) in [7, 11) is 0. The molecule has 3 aromatic rings. The topological polar surface area (TPSA) is 67.1 Å². The molecule has 196 valence electrons. The van der Waals surface area contributed by atoms with Crippen LogP contribution in [0.25, 0.3) is 11.3 Å². The molecule has 1 aliphatic carbocycles. The van der Waals surface area contributed by atoms with E-state index < -0.39 is 23.1 Å². The van der Waals surface area contributed by atoms with Crippen molar-refractivity contribution < 1.29 is 17.6 Å². The molecule has 9 heteroatoms. The molecule has 1 saturated heterocycles. The van der Waals surface area contributed by atoms with Crippen molar-refractivity contribution in [2.24, 2.45) is 11.7 Å². The molecule has 0 bridgehead atoms. The number of nitrogens with one attached hydrogen (secondary N) is 1. The lowest BCUT2D eigenvalue weighted by atomic mass is 9.67. The van der Waals surface area contributed by atoms with Crippen LogP contribution in [0.2, 0.25) is 0 Å². The average Bonchev–Trinajstić information content (AvgIpc) is 2.90. The first kappa shape index (κ1) is 25.4. The van der Waals surface area contributed by atoms with Crippen molar-refractivity contribution in [1.29, 1.82) is 0 Å². The molecule has 3 atom stereocenters. The number of alkyl halides is 3. The second-order valence-electron chi connectivity index (χ2n) is 10.1. The fourth-order valence-corrected chi connectivity index (χ4v) is 5.85. The van der Waals surface area contributed by atoms with Crippen LogP contribution in [-0.4, -0.2) is 34.6 Å². The Kier molecular flexibility index (Phi) is 7.07. The Bertz CT molecular complexity index is 1220. The number of aromatic nitrogens is 2. The van der Waals surface area contributed by atoms with Gasteiger partial charge in [0, 0.05) is 42.1 Å². The van der Waals surface area contributed by atoms with Gasteiger partial charge in [0.2, 0.25) is 5.95 Å². The molecule has 3 N–H and O–H groups in total. The Hall–Kier alpha value is -3.20. The number of halogens is 4. The molecule has 2 unspecified atom stereocenters. The molecule has 37 heavy (non-hydrogen) atoms. The Morgan fingerprint density at radius 3 is 2.57 bits per heavy atom. The van der Waals surface area contributed by atoms with Crippen molar-refractivity contribution in [3.8, 4) is 11.3 Å². The molecule has 2 heterocycles. The molecule has 2 fully saturated rings. The smallest absolute Gasteiger partial charge is 0.371 e. The van der Waals surface area contributed by atoms with Crippen molar-refractivity contribution in [2.75, 3.05) is 23.3 Å². The number of rotatable bonds is 5. The van der Waals surface area contributed by atoms with Crippen LogP contribution in [0.4, 0.5) is 29.2 Å². The Labute approximate surface area is 214 Å². The third kappa shape index (κ3) is 5.42. The van der Waals surface area contributed by atoms with E-state index in [9.17, 15) is 17.6 Å². The quantitative estimate of drug-likeness (QED) is 0.394. The van der Waals surface area contributed by atoms with Crippen molar-refractivity contribution in [2.45, 2.75) is 56.3 Å². The lowest BCUT2D eigenvalue weighted by molar-refractivity contribution is -0.139. The summed E-state index contributed by atoms with van der Waals surface area (Å²) >= 11 is 0. The van der Waals surface area contributed by atoms with Crippen molar-refractivity contribution in [3.05, 3.63) is 72.2 Å². The predicted molar refractivity (Wildman–Crippen MR) is 137 cm³/mol. The fraction of sp³-hybridized carbons (Fsp3) is 0.429. The molecule has 1 aliphatic heterocycles. The Morgan fingerprint density at radius 1 is 1.00 bits per heavy atom. The van der Waals surface area contributed by atoms with E-state index in [-0.39, 0.29) is 12.0 Å². The van der Waals surface area contributed by atoms with E-state index in [2.05, 4.69) is 10.3 Å². The number of piperidine rings is 1. The molecule has 5 rings (SSSR count). The van der Waals surface area contributed by atoms with Gasteiger partial charge in [0.25, 0.3) is 0 Å². The summed E-state index contributed by atoms with van der Waals surface area (Å²) in [5.41, 5.74) is 7.65. The van der Waals surface area contributed by atoms with E-state index in [0.717, 1.165) is 61.9 Å². The lowest BCUT2D eigenvalue weighted by Crippen LogP contribution is -2.64. The molecule has 2 aliphatic rings. The second kappa shape index (κ2) is 10.3. The highest BCUT2D eigenvalue weighted by molar-refractivity contribution is 5.59. The van der Waals surface area contributed by atoms with Gasteiger partial charge in [0.05, 0.1) is 11.3 Å². The summed E-state index contributed by atoms with van der Waals surface area (Å²) in [6.07, 6.45) is 2.50. The molecule has 2 aromatic carbocycles. The first-order valence-electron chi connectivity index (χ1n) is 12.8. The summed E-state index contributed by atoms with van der Waals surface area (Å²) in [6.45, 7) is 1.21. The van der Waals surface area contributed by atoms with E-state index in [1.807, 2.05) is 41.3 Å². The largest absolute Gasteiger partial charge is 0.419 e. The minimum Gasteiger partial charge on any atom is -0.371 e. The lowest BCUT2D eigenvalue weighted by Gasteiger charge is -2.50. The van der Waals surface area contributed by atoms with Gasteiger partial charge in [-0.25, -0.2) is 14.4 Å². The van der Waals surface area contributed by atoms with Gasteiger partial charge in [-0.1, -0.05) is 43.2 Å². The van der Waals surface area contributed by atoms with Crippen LogP contribution in [0.15, 0.2) is 60.8 Å². The van der Waals surface area contributed by atoms with Crippen LogP contribution >= 0.6 is 0 Å². The standard InChI is InChI=1S/C28H31F4N5/c29-23-17-21(11-12-22(23)28(30,31)32)37-16-6-9-20(18-37)27(33)14-5-4-10-25(27)36-26-34-15-13-24(35-26)19-7-2-1-3-8-19/h1-3,7-8,11-13,15,17,20,25H,4-6,9-10,14,16,18,33H2,(H,34,35,36)/t20-,25?,27?/m0/s1. The SMILES string of the molecule is NC1([C@H]2CCCN(c3ccc(C(F)(F)F)c(F)c3)C2)CCCCC1Nc1nccc(-c2ccccc2)n1. The zero-order valence-corrected chi connectivity index (χ0v) is 20.5. The zero-order valence-electron chi connectivity index (χ0n) is 20.5. The minimum atomic E-state index is -4.71. The molecule has 0 spiro atoms. The van der Waals surface area contributed by atoms with Crippen molar-refractivity contribution in [1.82, 2.24) is 9.97 Å². The fourth-order valence-electron chi connectivity index (χ4n) is 5.85. The van der Waals surface area contributed by atoms with Crippen LogP contribution < -0.4 is 16.0 Å². The monoisotopic (exact) mass is 513 g/mol. The summed E-state index contributed by atoms with van der Waals surface area (Å²) in [4.78, 5) is 11.1. The van der Waals surface area contributed by atoms with Gasteiger partial charge in [-0.05, 0) is 55.9 Å². The number of anilines is 2. The van der Waals surface area contributed by atoms with Gasteiger partial charge >= 0.3 is 6.18 Å². The summed E-state index contributed by atoms with van der Waals surface area (Å²) in [5.74, 6) is -0.635. The predicted octanol–water partition coefficient (Wildman–Crippen LogP) is 6.27. The van der Waals surface area contributed by atoms with Gasteiger partial charge in [0.1, 0.15) is 5.82 Å². The van der Waals surface area contributed by atoms with Crippen LogP contribution in [0.1, 0.15) is 44.1 Å². The normalized spacial score (nSPS) is 24.6. The molecule has 5 nitrogen and oxygen atoms in total. The Balaban J connectivity index is 1.35. The Morgan fingerprint density at radius 2 is 1.81 bits per heavy atom. The molecule has 1 aromatic heterocycles. The van der Waals surface area contributed by atoms with Crippen LogP contribution in [0, 0.1) is 11.7 Å². The number of benzene rings is 2. The summed E-state index contributed by atoms with van der Waals surface area (Å²) in [6, 6.07) is 14.9. The van der Waals surface area contributed by atoms with Crippen LogP contribution in [0.3, 0.4) is 0 Å². The van der Waals surface area contributed by atoms with Gasteiger partial charge in [-0.15, -0.1) is 0 Å². The number of hydrogen-bond donors (Lipinski definition) is 2. The first-order valence-corrected chi connectivity index (χ1v) is 12.8. The van der Waals surface area contributed by atoms with Gasteiger partial charge in [-0.2, -0.15) is 13.2 Å². The number of nitrogens with zero attached hydrogens (tertiary/aromatic N) is 3. The highest BCUT2D eigenvalue weighted by atomic mass is 19.4. The second-order valence-corrected chi connectivity index (χ2v) is 10.1. The van der Waals surface area contributed by atoms with Gasteiger partial charge in [-0.3, -0.25) is 0 Å². The maximum absolute atomic E-state index is 14.3. The highest BCUT2D eigenvalue weighted by Crippen LogP contribution is 2.40. The number of hydrogen-bond acceptors (Lipinski definition) is 5. The number of nitrogens with two attached hydrogens (primary N) is 1. The summed E-state index contributed by atoms with van der Waals surface area (Å²) < 4.78 is 53.4. The zero-order chi connectivity index (χ0) is 26.0. The third-order valence-electron chi connectivity index (χ3n) is 7.83. The van der Waals surface area contributed by atoms with Gasteiger partial charge < -0.3 is 16.0 Å². The van der Waals surface area contributed by atoms with E-state index in [1.54, 1.807) is 6.20 Å². The van der Waals surface area contributed by atoms with Crippen LogP contribution in [-0.2, 0) is 6.18 Å². The van der Waals surface area contributed by atoms with E-state index in [1.165, 1.54) is 6.07 Å². The third-order valence-corrected chi connectivity index (χ3v) is 7.83. The minimum absolute atomic E-state index is 0.0541. The maximum atomic E-state index is 14.3. The molecule has 0 amide bonds. The van der Waals surface area contributed by atoms with Crippen molar-refractivity contribution in [3.63, 3.8) is 0 Å². The average molecular weight is 514 g/mol. The van der Waals surface area contributed by atoms with E-state index in [0.29, 0.717) is 24.7 Å². The van der Waals surface area contributed by atoms with E-state index >= 15 is 0 Å². The first-order chi connectivity index (χ1) is 17.7. The molecule has 0 radical (unpaired) electrons.